The van der Waals surface area contributed by atoms with Gasteiger partial charge in [-0.2, -0.15) is 0 Å². The van der Waals surface area contributed by atoms with E-state index in [2.05, 4.69) is 4.72 Å². The van der Waals surface area contributed by atoms with Gasteiger partial charge in [-0.25, -0.2) is 13.1 Å². The van der Waals surface area contributed by atoms with E-state index in [0.717, 1.165) is 6.42 Å². The molecule has 0 aromatic heterocycles. The van der Waals surface area contributed by atoms with Gasteiger partial charge in [-0.15, -0.1) is 0 Å². The van der Waals surface area contributed by atoms with Crippen molar-refractivity contribution < 1.29 is 13.5 Å². The quantitative estimate of drug-likeness (QED) is 0.528. The van der Waals surface area contributed by atoms with Gasteiger partial charge in [0.2, 0.25) is 10.0 Å². The van der Waals surface area contributed by atoms with E-state index >= 15 is 0 Å². The minimum Gasteiger partial charge on any atom is -0.397 e. The van der Waals surface area contributed by atoms with E-state index < -0.39 is 10.0 Å². The number of benzene rings is 1. The lowest BCUT2D eigenvalue weighted by atomic mass is 10.1. The van der Waals surface area contributed by atoms with Crippen LogP contribution >= 0.6 is 11.6 Å². The lowest BCUT2D eigenvalue weighted by Gasteiger charge is -2.12. The van der Waals surface area contributed by atoms with E-state index in [4.69, 9.17) is 22.4 Å². The third-order valence-electron chi connectivity index (χ3n) is 3.06. The predicted octanol–water partition coefficient (Wildman–Crippen LogP) is 1.92. The zero-order valence-electron chi connectivity index (χ0n) is 11.7. The molecule has 4 N–H and O–H groups in total. The Morgan fingerprint density at radius 3 is 2.70 bits per heavy atom. The highest BCUT2D eigenvalue weighted by Crippen LogP contribution is 2.26. The van der Waals surface area contributed by atoms with Gasteiger partial charge < -0.3 is 10.8 Å². The van der Waals surface area contributed by atoms with Crippen LogP contribution in [0.1, 0.15) is 25.3 Å². The number of nitrogen functional groups attached to an aromatic ring is 1. The first-order valence-corrected chi connectivity index (χ1v) is 8.30. The van der Waals surface area contributed by atoms with Crippen LogP contribution in [0, 0.1) is 12.8 Å². The largest absolute Gasteiger partial charge is 0.397 e. The second-order valence-electron chi connectivity index (χ2n) is 4.97. The molecule has 114 valence electrons. The van der Waals surface area contributed by atoms with Crippen molar-refractivity contribution in [2.24, 2.45) is 5.92 Å². The van der Waals surface area contributed by atoms with E-state index in [0.29, 0.717) is 23.6 Å². The van der Waals surface area contributed by atoms with Crippen molar-refractivity contribution >= 4 is 27.3 Å². The Morgan fingerprint density at radius 1 is 1.45 bits per heavy atom. The first-order valence-electron chi connectivity index (χ1n) is 6.44. The predicted molar refractivity (Wildman–Crippen MR) is 81.3 cm³/mol. The number of nitrogens with one attached hydrogen (secondary N) is 1. The van der Waals surface area contributed by atoms with Gasteiger partial charge in [0.15, 0.2) is 0 Å². The van der Waals surface area contributed by atoms with Crippen LogP contribution < -0.4 is 10.5 Å². The third-order valence-corrected chi connectivity index (χ3v) is 4.99. The number of anilines is 1. The average molecular weight is 321 g/mol. The Labute approximate surface area is 125 Å². The number of nitrogens with two attached hydrogens (primary N) is 1. The highest BCUT2D eigenvalue weighted by Gasteiger charge is 2.18. The van der Waals surface area contributed by atoms with Crippen molar-refractivity contribution in [3.63, 3.8) is 0 Å². The molecular weight excluding hydrogens is 300 g/mol. The molecule has 0 aliphatic carbocycles. The molecule has 1 aromatic carbocycles. The summed E-state index contributed by atoms with van der Waals surface area (Å²) in [5.74, 6) is 0.174. The number of sulfonamides is 1. The monoisotopic (exact) mass is 320 g/mol. The van der Waals surface area contributed by atoms with Gasteiger partial charge in [-0.3, -0.25) is 0 Å². The number of halogens is 1. The van der Waals surface area contributed by atoms with Gasteiger partial charge in [0.25, 0.3) is 0 Å². The van der Waals surface area contributed by atoms with Crippen molar-refractivity contribution in [2.45, 2.75) is 31.6 Å². The maximum Gasteiger partial charge on any atom is 0.240 e. The minimum atomic E-state index is -3.59. The molecule has 1 rings (SSSR count). The maximum atomic E-state index is 12.2. The van der Waals surface area contributed by atoms with Crippen LogP contribution in [0.5, 0.6) is 0 Å². The summed E-state index contributed by atoms with van der Waals surface area (Å²) in [5, 5.41) is 9.25. The van der Waals surface area contributed by atoms with Crippen LogP contribution in [0.2, 0.25) is 5.02 Å². The fourth-order valence-corrected chi connectivity index (χ4v) is 3.34. The zero-order chi connectivity index (χ0) is 15.3. The molecule has 0 spiro atoms. The second-order valence-corrected chi connectivity index (χ2v) is 7.11. The number of hydrogen-bond donors (Lipinski definition) is 3. The van der Waals surface area contributed by atoms with Crippen molar-refractivity contribution in [3.05, 3.63) is 22.7 Å². The molecule has 20 heavy (non-hydrogen) atoms. The third kappa shape index (κ3) is 4.63. The molecule has 1 aromatic rings. The summed E-state index contributed by atoms with van der Waals surface area (Å²) in [6.07, 6.45) is 1.43. The minimum absolute atomic E-state index is 0.111. The molecule has 1 atom stereocenters. The molecule has 0 saturated carbocycles. The van der Waals surface area contributed by atoms with Gasteiger partial charge in [0, 0.05) is 13.2 Å². The first kappa shape index (κ1) is 17.2. The average Bonchev–Trinajstić information content (AvgIpc) is 2.38. The van der Waals surface area contributed by atoms with Crippen LogP contribution in [0.3, 0.4) is 0 Å². The number of aryl methyl sites for hydroxylation is 1. The van der Waals surface area contributed by atoms with Crippen molar-refractivity contribution in [2.75, 3.05) is 18.9 Å². The van der Waals surface area contributed by atoms with E-state index in [9.17, 15) is 8.42 Å². The molecule has 1 unspecified atom stereocenters. The summed E-state index contributed by atoms with van der Waals surface area (Å²) in [5.41, 5.74) is 6.44. The van der Waals surface area contributed by atoms with E-state index in [1.54, 1.807) is 13.0 Å². The molecule has 0 heterocycles. The van der Waals surface area contributed by atoms with Crippen LogP contribution in [-0.2, 0) is 10.0 Å². The molecule has 0 radical (unpaired) electrons. The summed E-state index contributed by atoms with van der Waals surface area (Å²) in [7, 11) is -3.59. The summed E-state index contributed by atoms with van der Waals surface area (Å²) >= 11 is 5.85. The Morgan fingerprint density at radius 2 is 2.10 bits per heavy atom. The molecule has 7 heteroatoms. The van der Waals surface area contributed by atoms with Gasteiger partial charge in [-0.1, -0.05) is 18.5 Å². The Hall–Kier alpha value is -0.820. The first-order chi connectivity index (χ1) is 9.27. The van der Waals surface area contributed by atoms with Gasteiger partial charge in [0.1, 0.15) is 0 Å². The molecule has 0 amide bonds. The number of aliphatic hydroxyl groups excluding tert-OH is 1. The summed E-state index contributed by atoms with van der Waals surface area (Å²) < 4.78 is 26.9. The summed E-state index contributed by atoms with van der Waals surface area (Å²) in [6, 6.07) is 2.91. The van der Waals surface area contributed by atoms with Crippen molar-refractivity contribution in [1.82, 2.24) is 4.72 Å². The molecule has 0 aliphatic heterocycles. The highest BCUT2D eigenvalue weighted by molar-refractivity contribution is 7.89. The van der Waals surface area contributed by atoms with Crippen molar-refractivity contribution in [3.8, 4) is 0 Å². The Balaban J connectivity index is 2.72. The second kappa shape index (κ2) is 7.26. The van der Waals surface area contributed by atoms with Crippen molar-refractivity contribution in [1.29, 1.82) is 0 Å². The van der Waals surface area contributed by atoms with Crippen LogP contribution in [0.25, 0.3) is 0 Å². The fraction of sp³-hybridized carbons (Fsp3) is 0.538. The number of hydrogen-bond acceptors (Lipinski definition) is 4. The lowest BCUT2D eigenvalue weighted by Crippen LogP contribution is -2.26. The molecule has 0 fully saturated rings. The standard InChI is InChI=1S/C13H21ClN2O3S/c1-9(8-17)4-3-5-16-20(18,19)13-7-12(15)11(14)6-10(13)2/h6-7,9,16-17H,3-5,8,15H2,1-2H3. The normalized spacial score (nSPS) is 13.4. The van der Waals surface area contributed by atoms with Gasteiger partial charge in [0.05, 0.1) is 15.6 Å². The van der Waals surface area contributed by atoms with Crippen LogP contribution in [0.15, 0.2) is 17.0 Å². The highest BCUT2D eigenvalue weighted by atomic mass is 35.5. The van der Waals surface area contributed by atoms with Gasteiger partial charge in [-0.05, 0) is 43.4 Å². The van der Waals surface area contributed by atoms with Gasteiger partial charge >= 0.3 is 0 Å². The molecule has 0 bridgehead atoms. The van der Waals surface area contributed by atoms with E-state index in [1.807, 2.05) is 6.92 Å². The van der Waals surface area contributed by atoms with E-state index in [1.165, 1.54) is 6.07 Å². The Bertz CT molecular complexity index is 561. The van der Waals surface area contributed by atoms with Crippen LogP contribution in [0.4, 0.5) is 5.69 Å². The number of aliphatic hydroxyl groups is 1. The Kier molecular flexibility index (Phi) is 6.26. The van der Waals surface area contributed by atoms with E-state index in [-0.39, 0.29) is 23.1 Å². The number of rotatable bonds is 7. The zero-order valence-corrected chi connectivity index (χ0v) is 13.3. The fourth-order valence-electron chi connectivity index (χ4n) is 1.78. The topological polar surface area (TPSA) is 92.4 Å². The lowest BCUT2D eigenvalue weighted by molar-refractivity contribution is 0.228. The molecule has 0 saturated heterocycles. The SMILES string of the molecule is Cc1cc(Cl)c(N)cc1S(=O)(=O)NCCCC(C)CO. The maximum absolute atomic E-state index is 12.2. The van der Waals surface area contributed by atoms with Crippen LogP contribution in [-0.4, -0.2) is 26.7 Å². The molecule has 5 nitrogen and oxygen atoms in total. The summed E-state index contributed by atoms with van der Waals surface area (Å²) in [6.45, 7) is 4.03. The molecular formula is C13H21ClN2O3S. The molecule has 0 aliphatic rings. The smallest absolute Gasteiger partial charge is 0.240 e. The summed E-state index contributed by atoms with van der Waals surface area (Å²) in [4.78, 5) is 0.148.